The molecule has 0 saturated heterocycles. The van der Waals surface area contributed by atoms with Crippen molar-refractivity contribution >= 4 is 5.91 Å². The maximum absolute atomic E-state index is 11.5. The largest absolute Gasteiger partial charge is 0.394 e. The lowest BCUT2D eigenvalue weighted by molar-refractivity contribution is -0.125. The fraction of sp³-hybridized carbons (Fsp3) is 0.909. The topological polar surface area (TPSA) is 58.6 Å². The molecule has 0 fully saturated rings. The van der Waals surface area contributed by atoms with Crippen molar-refractivity contribution in [1.82, 2.24) is 5.32 Å². The normalized spacial score (nSPS) is 10.7. The molecular formula is C11H23NO3. The number of aliphatic hydroxyl groups is 1. The highest BCUT2D eigenvalue weighted by molar-refractivity contribution is 5.78. The van der Waals surface area contributed by atoms with Crippen molar-refractivity contribution in [2.24, 2.45) is 5.92 Å². The number of carbonyl (C=O) groups is 1. The molecule has 0 rings (SSSR count). The Morgan fingerprint density at radius 3 is 2.53 bits per heavy atom. The van der Waals surface area contributed by atoms with Crippen LogP contribution in [0.3, 0.4) is 0 Å². The maximum Gasteiger partial charge on any atom is 0.223 e. The zero-order valence-corrected chi connectivity index (χ0v) is 9.79. The first kappa shape index (κ1) is 14.4. The molecule has 0 spiro atoms. The third-order valence-corrected chi connectivity index (χ3v) is 2.36. The molecule has 0 atom stereocenters. The SMILES string of the molecule is CCC(CC)C(=O)NCCCOCCO. The van der Waals surface area contributed by atoms with E-state index in [1.807, 2.05) is 13.8 Å². The lowest BCUT2D eigenvalue weighted by Crippen LogP contribution is -2.31. The van der Waals surface area contributed by atoms with Crippen LogP contribution in [0.1, 0.15) is 33.1 Å². The van der Waals surface area contributed by atoms with Crippen LogP contribution in [-0.4, -0.2) is 37.4 Å². The lowest BCUT2D eigenvalue weighted by atomic mass is 10.0. The van der Waals surface area contributed by atoms with E-state index >= 15 is 0 Å². The van der Waals surface area contributed by atoms with Gasteiger partial charge in [0.25, 0.3) is 0 Å². The first-order valence-electron chi connectivity index (χ1n) is 5.72. The van der Waals surface area contributed by atoms with E-state index in [1.54, 1.807) is 0 Å². The third kappa shape index (κ3) is 7.33. The van der Waals surface area contributed by atoms with E-state index in [-0.39, 0.29) is 18.4 Å². The Hall–Kier alpha value is -0.610. The molecule has 90 valence electrons. The second-order valence-electron chi connectivity index (χ2n) is 3.49. The van der Waals surface area contributed by atoms with Gasteiger partial charge in [-0.2, -0.15) is 0 Å². The van der Waals surface area contributed by atoms with Gasteiger partial charge in [-0.3, -0.25) is 4.79 Å². The van der Waals surface area contributed by atoms with Crippen LogP contribution in [0.25, 0.3) is 0 Å². The Bertz CT molecular complexity index is 158. The molecule has 0 aromatic carbocycles. The smallest absolute Gasteiger partial charge is 0.223 e. The molecule has 0 unspecified atom stereocenters. The quantitative estimate of drug-likeness (QED) is 0.565. The Labute approximate surface area is 92.0 Å². The molecule has 0 heterocycles. The van der Waals surface area contributed by atoms with E-state index in [0.717, 1.165) is 19.3 Å². The fourth-order valence-corrected chi connectivity index (χ4v) is 1.36. The van der Waals surface area contributed by atoms with Crippen molar-refractivity contribution in [3.8, 4) is 0 Å². The van der Waals surface area contributed by atoms with Gasteiger partial charge >= 0.3 is 0 Å². The first-order chi connectivity index (χ1) is 7.26. The predicted octanol–water partition coefficient (Wildman–Crippen LogP) is 0.938. The molecule has 0 aromatic heterocycles. The summed E-state index contributed by atoms with van der Waals surface area (Å²) in [6.45, 7) is 5.72. The first-order valence-corrected chi connectivity index (χ1v) is 5.72. The van der Waals surface area contributed by atoms with Crippen LogP contribution in [0.15, 0.2) is 0 Å². The average Bonchev–Trinajstić information content (AvgIpc) is 2.25. The minimum Gasteiger partial charge on any atom is -0.394 e. The van der Waals surface area contributed by atoms with Gasteiger partial charge in [-0.05, 0) is 19.3 Å². The summed E-state index contributed by atoms with van der Waals surface area (Å²) in [6, 6.07) is 0. The Kier molecular flexibility index (Phi) is 9.52. The van der Waals surface area contributed by atoms with Crippen LogP contribution < -0.4 is 5.32 Å². The molecule has 0 aliphatic carbocycles. The highest BCUT2D eigenvalue weighted by Gasteiger charge is 2.12. The minimum absolute atomic E-state index is 0.0557. The molecule has 0 aliphatic heterocycles. The molecule has 0 aliphatic rings. The number of carbonyl (C=O) groups excluding carboxylic acids is 1. The van der Waals surface area contributed by atoms with Gasteiger partial charge in [0.2, 0.25) is 5.91 Å². The Balaban J connectivity index is 3.38. The van der Waals surface area contributed by atoms with Crippen LogP contribution in [0.2, 0.25) is 0 Å². The molecule has 0 aromatic rings. The monoisotopic (exact) mass is 217 g/mol. The van der Waals surface area contributed by atoms with Gasteiger partial charge in [0, 0.05) is 19.1 Å². The second kappa shape index (κ2) is 9.93. The van der Waals surface area contributed by atoms with Crippen LogP contribution in [0.4, 0.5) is 0 Å². The summed E-state index contributed by atoms with van der Waals surface area (Å²) in [6.07, 6.45) is 2.58. The number of rotatable bonds is 9. The molecule has 0 radical (unpaired) electrons. The number of nitrogens with one attached hydrogen (secondary N) is 1. The van der Waals surface area contributed by atoms with Gasteiger partial charge in [-0.1, -0.05) is 13.8 Å². The summed E-state index contributed by atoms with van der Waals surface area (Å²) in [5, 5.41) is 11.3. The Morgan fingerprint density at radius 1 is 1.33 bits per heavy atom. The molecule has 4 nitrogen and oxygen atoms in total. The minimum atomic E-state index is 0.0557. The third-order valence-electron chi connectivity index (χ3n) is 2.36. The van der Waals surface area contributed by atoms with E-state index in [1.165, 1.54) is 0 Å². The van der Waals surface area contributed by atoms with Gasteiger partial charge in [-0.15, -0.1) is 0 Å². The predicted molar refractivity (Wildman–Crippen MR) is 59.6 cm³/mol. The van der Waals surface area contributed by atoms with Gasteiger partial charge < -0.3 is 15.2 Å². The number of amides is 1. The zero-order chi connectivity index (χ0) is 11.5. The van der Waals surface area contributed by atoms with Crippen LogP contribution in [0, 0.1) is 5.92 Å². The van der Waals surface area contributed by atoms with E-state index in [2.05, 4.69) is 5.32 Å². The van der Waals surface area contributed by atoms with Gasteiger partial charge in [0.15, 0.2) is 0 Å². The van der Waals surface area contributed by atoms with E-state index in [0.29, 0.717) is 19.8 Å². The summed E-state index contributed by atoms with van der Waals surface area (Å²) >= 11 is 0. The Morgan fingerprint density at radius 2 is 2.00 bits per heavy atom. The van der Waals surface area contributed by atoms with Crippen molar-refractivity contribution < 1.29 is 14.6 Å². The zero-order valence-electron chi connectivity index (χ0n) is 9.79. The van der Waals surface area contributed by atoms with Crippen molar-refractivity contribution in [1.29, 1.82) is 0 Å². The van der Waals surface area contributed by atoms with Crippen molar-refractivity contribution in [3.63, 3.8) is 0 Å². The van der Waals surface area contributed by atoms with E-state index < -0.39 is 0 Å². The van der Waals surface area contributed by atoms with Gasteiger partial charge in [0.05, 0.1) is 13.2 Å². The van der Waals surface area contributed by atoms with Gasteiger partial charge in [-0.25, -0.2) is 0 Å². The molecule has 0 bridgehead atoms. The van der Waals surface area contributed by atoms with Gasteiger partial charge in [0.1, 0.15) is 0 Å². The van der Waals surface area contributed by atoms with Crippen molar-refractivity contribution in [3.05, 3.63) is 0 Å². The second-order valence-corrected chi connectivity index (χ2v) is 3.49. The standard InChI is InChI=1S/C11H23NO3/c1-3-10(4-2)11(14)12-6-5-8-15-9-7-13/h10,13H,3-9H2,1-2H3,(H,12,14). The van der Waals surface area contributed by atoms with E-state index in [9.17, 15) is 4.79 Å². The summed E-state index contributed by atoms with van der Waals surface area (Å²) in [7, 11) is 0. The lowest BCUT2D eigenvalue weighted by Gasteiger charge is -2.12. The van der Waals surface area contributed by atoms with Crippen LogP contribution >= 0.6 is 0 Å². The van der Waals surface area contributed by atoms with Crippen LogP contribution in [-0.2, 0) is 9.53 Å². The number of hydrogen-bond donors (Lipinski definition) is 2. The molecule has 15 heavy (non-hydrogen) atoms. The molecule has 4 heteroatoms. The fourth-order valence-electron chi connectivity index (χ4n) is 1.36. The molecular weight excluding hydrogens is 194 g/mol. The summed E-state index contributed by atoms with van der Waals surface area (Å²) in [4.78, 5) is 11.5. The molecule has 0 saturated carbocycles. The highest BCUT2D eigenvalue weighted by Crippen LogP contribution is 2.06. The van der Waals surface area contributed by atoms with Crippen molar-refractivity contribution in [2.45, 2.75) is 33.1 Å². The average molecular weight is 217 g/mol. The number of hydrogen-bond acceptors (Lipinski definition) is 3. The number of ether oxygens (including phenoxy) is 1. The van der Waals surface area contributed by atoms with Crippen LogP contribution in [0.5, 0.6) is 0 Å². The summed E-state index contributed by atoms with van der Waals surface area (Å²) in [5.74, 6) is 0.283. The van der Waals surface area contributed by atoms with Crippen molar-refractivity contribution in [2.75, 3.05) is 26.4 Å². The number of aliphatic hydroxyl groups excluding tert-OH is 1. The molecule has 1 amide bonds. The molecule has 2 N–H and O–H groups in total. The summed E-state index contributed by atoms with van der Waals surface area (Å²) in [5.41, 5.74) is 0. The highest BCUT2D eigenvalue weighted by atomic mass is 16.5. The summed E-state index contributed by atoms with van der Waals surface area (Å²) < 4.78 is 5.08. The van der Waals surface area contributed by atoms with E-state index in [4.69, 9.17) is 9.84 Å². The maximum atomic E-state index is 11.5.